The smallest absolute Gasteiger partial charge is 0.0518 e. The van der Waals surface area contributed by atoms with Crippen molar-refractivity contribution in [2.75, 3.05) is 19.6 Å². The molecule has 2 rings (SSSR count). The van der Waals surface area contributed by atoms with Crippen molar-refractivity contribution in [1.82, 2.24) is 14.7 Å². The number of hydrogen-bond acceptors (Lipinski definition) is 2. The average Bonchev–Trinajstić information content (AvgIpc) is 2.92. The lowest BCUT2D eigenvalue weighted by Crippen LogP contribution is -2.34. The molecule has 0 unspecified atom stereocenters. The van der Waals surface area contributed by atoms with Gasteiger partial charge in [0.2, 0.25) is 0 Å². The molecule has 1 aliphatic heterocycles. The zero-order valence-corrected chi connectivity index (χ0v) is 13.9. The molecule has 0 aromatic carbocycles. The van der Waals surface area contributed by atoms with Crippen LogP contribution in [0.2, 0.25) is 0 Å². The van der Waals surface area contributed by atoms with Crippen LogP contribution >= 0.6 is 0 Å². The van der Waals surface area contributed by atoms with E-state index in [1.807, 2.05) is 20.0 Å². The highest BCUT2D eigenvalue weighted by molar-refractivity contribution is 4.99. The molecule has 3 nitrogen and oxygen atoms in total. The van der Waals surface area contributed by atoms with Gasteiger partial charge in [0.25, 0.3) is 0 Å². The third-order valence-corrected chi connectivity index (χ3v) is 4.06. The van der Waals surface area contributed by atoms with Crippen molar-refractivity contribution in [2.24, 2.45) is 5.92 Å². The van der Waals surface area contributed by atoms with E-state index in [2.05, 4.69) is 34.7 Å². The highest BCUT2D eigenvalue weighted by Gasteiger charge is 2.18. The first-order valence-electron chi connectivity index (χ1n) is 8.49. The van der Waals surface area contributed by atoms with Gasteiger partial charge in [-0.15, -0.1) is 0 Å². The highest BCUT2D eigenvalue weighted by Crippen LogP contribution is 2.21. The number of piperidine rings is 1. The summed E-state index contributed by atoms with van der Waals surface area (Å²) in [4.78, 5) is 2.64. The van der Waals surface area contributed by atoms with E-state index >= 15 is 0 Å². The average molecular weight is 279 g/mol. The molecule has 1 fully saturated rings. The quantitative estimate of drug-likeness (QED) is 0.781. The van der Waals surface area contributed by atoms with E-state index in [-0.39, 0.29) is 0 Å². The molecule has 0 spiro atoms. The fourth-order valence-electron chi connectivity index (χ4n) is 2.78. The van der Waals surface area contributed by atoms with E-state index in [0.29, 0.717) is 0 Å². The number of likely N-dealkylation sites (tertiary alicyclic amines) is 1. The maximum atomic E-state index is 4.36. The fraction of sp³-hybridized carbons (Fsp3) is 0.824. The van der Waals surface area contributed by atoms with Crippen molar-refractivity contribution in [3.05, 3.63) is 18.0 Å². The van der Waals surface area contributed by atoms with Crippen molar-refractivity contribution in [3.8, 4) is 0 Å². The zero-order chi connectivity index (χ0) is 14.8. The minimum absolute atomic E-state index is 0.910. The standard InChI is InChI=1S/C15H27N3.C2H6/c1-3-4-8-17-9-5-15(6-10-17)7-11-18-13-14(2)12-16-18;1-2/h12-13,15H,3-11H2,1-2H3;1-2H3. The predicted molar refractivity (Wildman–Crippen MR) is 87.0 cm³/mol. The molecule has 1 aliphatic rings. The van der Waals surface area contributed by atoms with E-state index in [0.717, 1.165) is 12.5 Å². The molecule has 0 radical (unpaired) electrons. The topological polar surface area (TPSA) is 21.1 Å². The van der Waals surface area contributed by atoms with Crippen molar-refractivity contribution in [3.63, 3.8) is 0 Å². The first-order chi connectivity index (χ1) is 9.78. The normalized spacial score (nSPS) is 16.8. The SMILES string of the molecule is CC.CCCCN1CCC(CCn2cc(C)cn2)CC1. The van der Waals surface area contributed by atoms with Crippen LogP contribution in [0, 0.1) is 12.8 Å². The molecule has 20 heavy (non-hydrogen) atoms. The highest BCUT2D eigenvalue weighted by atomic mass is 15.3. The molecule has 1 aromatic rings. The fourth-order valence-corrected chi connectivity index (χ4v) is 2.78. The van der Waals surface area contributed by atoms with Crippen LogP contribution in [0.4, 0.5) is 0 Å². The van der Waals surface area contributed by atoms with Crippen LogP contribution in [-0.4, -0.2) is 34.3 Å². The predicted octanol–water partition coefficient (Wildman–Crippen LogP) is 4.12. The second kappa shape index (κ2) is 9.98. The molecule has 0 saturated carbocycles. The van der Waals surface area contributed by atoms with E-state index in [1.54, 1.807) is 0 Å². The Balaban J connectivity index is 0.000000956. The van der Waals surface area contributed by atoms with Crippen LogP contribution < -0.4 is 0 Å². The first-order valence-corrected chi connectivity index (χ1v) is 8.49. The van der Waals surface area contributed by atoms with Gasteiger partial charge in [-0.25, -0.2) is 0 Å². The van der Waals surface area contributed by atoms with Gasteiger partial charge < -0.3 is 4.90 Å². The molecule has 3 heteroatoms. The molecule has 2 heterocycles. The largest absolute Gasteiger partial charge is 0.303 e. The zero-order valence-electron chi connectivity index (χ0n) is 13.9. The van der Waals surface area contributed by atoms with Crippen LogP contribution in [0.25, 0.3) is 0 Å². The summed E-state index contributed by atoms with van der Waals surface area (Å²) in [5.74, 6) is 0.910. The van der Waals surface area contributed by atoms with E-state index < -0.39 is 0 Å². The first kappa shape index (κ1) is 17.2. The Hall–Kier alpha value is -0.830. The van der Waals surface area contributed by atoms with Crippen molar-refractivity contribution in [1.29, 1.82) is 0 Å². The van der Waals surface area contributed by atoms with Crippen LogP contribution in [0.15, 0.2) is 12.4 Å². The molecule has 0 bridgehead atoms. The van der Waals surface area contributed by atoms with Gasteiger partial charge in [-0.2, -0.15) is 5.10 Å². The maximum Gasteiger partial charge on any atom is 0.0518 e. The van der Waals surface area contributed by atoms with E-state index in [4.69, 9.17) is 0 Å². The summed E-state index contributed by atoms with van der Waals surface area (Å²) in [5.41, 5.74) is 1.27. The summed E-state index contributed by atoms with van der Waals surface area (Å²) in [6, 6.07) is 0. The Morgan fingerprint density at radius 2 is 1.90 bits per heavy atom. The third kappa shape index (κ3) is 6.08. The molecule has 0 amide bonds. The van der Waals surface area contributed by atoms with Crippen molar-refractivity contribution in [2.45, 2.75) is 66.3 Å². The van der Waals surface area contributed by atoms with Crippen molar-refractivity contribution >= 4 is 0 Å². The van der Waals surface area contributed by atoms with Gasteiger partial charge in [0.15, 0.2) is 0 Å². The van der Waals surface area contributed by atoms with Gasteiger partial charge in [-0.05, 0) is 63.7 Å². The summed E-state index contributed by atoms with van der Waals surface area (Å²) < 4.78 is 2.10. The summed E-state index contributed by atoms with van der Waals surface area (Å²) in [6.07, 6.45) is 10.8. The van der Waals surface area contributed by atoms with Gasteiger partial charge in [-0.3, -0.25) is 4.68 Å². The number of aromatic nitrogens is 2. The van der Waals surface area contributed by atoms with Crippen LogP contribution in [-0.2, 0) is 6.54 Å². The van der Waals surface area contributed by atoms with Crippen LogP contribution in [0.5, 0.6) is 0 Å². The van der Waals surface area contributed by atoms with Gasteiger partial charge >= 0.3 is 0 Å². The lowest BCUT2D eigenvalue weighted by Gasteiger charge is -2.31. The monoisotopic (exact) mass is 279 g/mol. The molecular formula is C17H33N3. The molecule has 0 aliphatic carbocycles. The maximum absolute atomic E-state index is 4.36. The Kier molecular flexibility index (Phi) is 8.59. The summed E-state index contributed by atoms with van der Waals surface area (Å²) in [5, 5.41) is 4.36. The lowest BCUT2D eigenvalue weighted by molar-refractivity contribution is 0.173. The van der Waals surface area contributed by atoms with Crippen LogP contribution in [0.3, 0.4) is 0 Å². The number of aryl methyl sites for hydroxylation is 2. The third-order valence-electron chi connectivity index (χ3n) is 4.06. The summed E-state index contributed by atoms with van der Waals surface area (Å²) >= 11 is 0. The number of unbranched alkanes of at least 4 members (excludes halogenated alkanes) is 1. The molecule has 0 atom stereocenters. The van der Waals surface area contributed by atoms with Gasteiger partial charge in [0, 0.05) is 12.7 Å². The number of rotatable bonds is 6. The summed E-state index contributed by atoms with van der Waals surface area (Å²) in [6.45, 7) is 13.4. The molecule has 116 valence electrons. The van der Waals surface area contributed by atoms with Crippen LogP contribution in [0.1, 0.15) is 58.4 Å². The Labute approximate surface area is 125 Å². The Morgan fingerprint density at radius 3 is 2.45 bits per heavy atom. The lowest BCUT2D eigenvalue weighted by atomic mass is 9.93. The van der Waals surface area contributed by atoms with Gasteiger partial charge in [0.05, 0.1) is 6.20 Å². The number of hydrogen-bond donors (Lipinski definition) is 0. The second-order valence-corrected chi connectivity index (χ2v) is 5.71. The Morgan fingerprint density at radius 1 is 1.20 bits per heavy atom. The second-order valence-electron chi connectivity index (χ2n) is 5.71. The number of nitrogens with zero attached hydrogens (tertiary/aromatic N) is 3. The molecule has 0 N–H and O–H groups in total. The minimum Gasteiger partial charge on any atom is -0.303 e. The van der Waals surface area contributed by atoms with Gasteiger partial charge in [-0.1, -0.05) is 27.2 Å². The molecular weight excluding hydrogens is 246 g/mol. The van der Waals surface area contributed by atoms with E-state index in [9.17, 15) is 0 Å². The molecule has 1 aromatic heterocycles. The van der Waals surface area contributed by atoms with Gasteiger partial charge in [0.1, 0.15) is 0 Å². The Bertz CT molecular complexity index is 338. The van der Waals surface area contributed by atoms with Crippen molar-refractivity contribution < 1.29 is 0 Å². The minimum atomic E-state index is 0.910. The summed E-state index contributed by atoms with van der Waals surface area (Å²) in [7, 11) is 0. The van der Waals surface area contributed by atoms with E-state index in [1.165, 1.54) is 57.3 Å². The molecule has 1 saturated heterocycles.